The van der Waals surface area contributed by atoms with Gasteiger partial charge in [-0.05, 0) is 37.6 Å². The Kier molecular flexibility index (Phi) is 1.99. The highest BCUT2D eigenvalue weighted by molar-refractivity contribution is 5.19. The molecule has 2 aliphatic heterocycles. The Hall–Kier alpha value is -0.300. The molecule has 0 aromatic carbocycles. The molecule has 1 saturated carbocycles. The molecule has 0 amide bonds. The Balaban J connectivity index is 2.02. The SMILES string of the molecule is C/C(=C/C(C)C)C1C2CNC1C2. The first-order chi connectivity index (χ1) is 5.68. The largest absolute Gasteiger partial charge is 0.313 e. The van der Waals surface area contributed by atoms with Gasteiger partial charge in [0, 0.05) is 6.04 Å². The van der Waals surface area contributed by atoms with Crippen molar-refractivity contribution in [1.82, 2.24) is 5.32 Å². The van der Waals surface area contributed by atoms with Crippen molar-refractivity contribution in [2.75, 3.05) is 6.54 Å². The van der Waals surface area contributed by atoms with Crippen molar-refractivity contribution in [3.63, 3.8) is 0 Å². The fourth-order valence-corrected chi connectivity index (χ4v) is 2.80. The summed E-state index contributed by atoms with van der Waals surface area (Å²) in [6.07, 6.45) is 3.85. The molecule has 3 rings (SSSR count). The van der Waals surface area contributed by atoms with E-state index in [0.717, 1.165) is 17.9 Å². The van der Waals surface area contributed by atoms with Crippen LogP contribution in [0.2, 0.25) is 0 Å². The minimum Gasteiger partial charge on any atom is -0.313 e. The highest BCUT2D eigenvalue weighted by Crippen LogP contribution is 2.44. The number of rotatable bonds is 2. The summed E-state index contributed by atoms with van der Waals surface area (Å²) in [5, 5.41) is 3.56. The Bertz CT molecular complexity index is 191. The van der Waals surface area contributed by atoms with Crippen molar-refractivity contribution >= 4 is 0 Å². The van der Waals surface area contributed by atoms with Crippen molar-refractivity contribution in [2.24, 2.45) is 17.8 Å². The number of nitrogens with one attached hydrogen (secondary N) is 1. The fraction of sp³-hybridized carbons (Fsp3) is 0.818. The van der Waals surface area contributed by atoms with Gasteiger partial charge in [-0.2, -0.15) is 0 Å². The van der Waals surface area contributed by atoms with Crippen LogP contribution in [0.25, 0.3) is 0 Å². The van der Waals surface area contributed by atoms with Crippen LogP contribution in [-0.2, 0) is 0 Å². The van der Waals surface area contributed by atoms with E-state index in [0.29, 0.717) is 5.92 Å². The predicted octanol–water partition coefficient (Wildman–Crippen LogP) is 2.20. The zero-order valence-corrected chi connectivity index (χ0v) is 8.30. The molecule has 1 N–H and O–H groups in total. The quantitative estimate of drug-likeness (QED) is 0.618. The van der Waals surface area contributed by atoms with Crippen molar-refractivity contribution < 1.29 is 0 Å². The summed E-state index contributed by atoms with van der Waals surface area (Å²) in [6.45, 7) is 8.09. The molecule has 12 heavy (non-hydrogen) atoms. The van der Waals surface area contributed by atoms with Crippen LogP contribution in [0.5, 0.6) is 0 Å². The Labute approximate surface area is 75.2 Å². The van der Waals surface area contributed by atoms with Gasteiger partial charge in [-0.15, -0.1) is 0 Å². The third-order valence-corrected chi connectivity index (χ3v) is 3.26. The maximum Gasteiger partial charge on any atom is 0.0139 e. The summed E-state index contributed by atoms with van der Waals surface area (Å²) in [7, 11) is 0. The smallest absolute Gasteiger partial charge is 0.0139 e. The van der Waals surface area contributed by atoms with E-state index in [1.807, 2.05) is 0 Å². The molecule has 3 fully saturated rings. The van der Waals surface area contributed by atoms with Crippen LogP contribution < -0.4 is 5.32 Å². The van der Waals surface area contributed by atoms with Crippen LogP contribution in [-0.4, -0.2) is 12.6 Å². The molecule has 1 heteroatoms. The van der Waals surface area contributed by atoms with Gasteiger partial charge in [-0.25, -0.2) is 0 Å². The van der Waals surface area contributed by atoms with Gasteiger partial charge in [0.05, 0.1) is 0 Å². The number of hydrogen-bond acceptors (Lipinski definition) is 1. The lowest BCUT2D eigenvalue weighted by Crippen LogP contribution is -2.37. The van der Waals surface area contributed by atoms with E-state index in [-0.39, 0.29) is 0 Å². The lowest BCUT2D eigenvalue weighted by Gasteiger charge is -2.35. The summed E-state index contributed by atoms with van der Waals surface area (Å²) in [4.78, 5) is 0. The molecule has 2 saturated heterocycles. The maximum atomic E-state index is 3.56. The molecule has 0 spiro atoms. The molecular formula is C11H19N. The zero-order valence-electron chi connectivity index (χ0n) is 8.30. The molecule has 3 unspecified atom stereocenters. The highest BCUT2D eigenvalue weighted by Gasteiger charge is 2.46. The van der Waals surface area contributed by atoms with Gasteiger partial charge in [-0.1, -0.05) is 25.5 Å². The Morgan fingerprint density at radius 2 is 2.25 bits per heavy atom. The second-order valence-electron chi connectivity index (χ2n) is 4.69. The highest BCUT2D eigenvalue weighted by atomic mass is 15.0. The predicted molar refractivity (Wildman–Crippen MR) is 52.0 cm³/mol. The monoisotopic (exact) mass is 165 g/mol. The van der Waals surface area contributed by atoms with Crippen molar-refractivity contribution in [1.29, 1.82) is 0 Å². The molecule has 1 aliphatic carbocycles. The molecular weight excluding hydrogens is 146 g/mol. The van der Waals surface area contributed by atoms with Gasteiger partial charge in [0.25, 0.3) is 0 Å². The van der Waals surface area contributed by atoms with Gasteiger partial charge in [0.1, 0.15) is 0 Å². The summed E-state index contributed by atoms with van der Waals surface area (Å²) >= 11 is 0. The van der Waals surface area contributed by atoms with Gasteiger partial charge in [-0.3, -0.25) is 0 Å². The first kappa shape index (κ1) is 8.31. The first-order valence-electron chi connectivity index (χ1n) is 5.10. The van der Waals surface area contributed by atoms with E-state index in [2.05, 4.69) is 32.2 Å². The van der Waals surface area contributed by atoms with E-state index >= 15 is 0 Å². The molecule has 2 heterocycles. The van der Waals surface area contributed by atoms with Gasteiger partial charge >= 0.3 is 0 Å². The van der Waals surface area contributed by atoms with Crippen molar-refractivity contribution in [3.8, 4) is 0 Å². The lowest BCUT2D eigenvalue weighted by atomic mass is 9.70. The number of allylic oxidation sites excluding steroid dienone is 1. The lowest BCUT2D eigenvalue weighted by molar-refractivity contribution is 0.257. The minimum absolute atomic E-state index is 0.713. The van der Waals surface area contributed by atoms with Crippen molar-refractivity contribution in [3.05, 3.63) is 11.6 Å². The molecule has 68 valence electrons. The summed E-state index contributed by atoms with van der Waals surface area (Å²) in [5.74, 6) is 2.56. The second-order valence-corrected chi connectivity index (χ2v) is 4.69. The second kappa shape index (κ2) is 2.88. The van der Waals surface area contributed by atoms with Crippen LogP contribution in [0.15, 0.2) is 11.6 Å². The van der Waals surface area contributed by atoms with Crippen LogP contribution >= 0.6 is 0 Å². The standard InChI is InChI=1S/C11H19N/c1-7(2)4-8(3)11-9-5-10(11)12-6-9/h4,7,9-12H,5-6H2,1-3H3/b8-4-. The Morgan fingerprint density at radius 1 is 1.50 bits per heavy atom. The normalized spacial score (nSPS) is 40.3. The Morgan fingerprint density at radius 3 is 2.67 bits per heavy atom. The third kappa shape index (κ3) is 1.20. The fourth-order valence-electron chi connectivity index (χ4n) is 2.80. The van der Waals surface area contributed by atoms with Crippen LogP contribution in [0, 0.1) is 17.8 Å². The average molecular weight is 165 g/mol. The van der Waals surface area contributed by atoms with Crippen LogP contribution in [0.1, 0.15) is 27.2 Å². The van der Waals surface area contributed by atoms with Crippen molar-refractivity contribution in [2.45, 2.75) is 33.2 Å². The van der Waals surface area contributed by atoms with Gasteiger partial charge in [0.2, 0.25) is 0 Å². The van der Waals surface area contributed by atoms with Crippen LogP contribution in [0.4, 0.5) is 0 Å². The molecule has 0 radical (unpaired) electrons. The van der Waals surface area contributed by atoms with E-state index < -0.39 is 0 Å². The maximum absolute atomic E-state index is 3.56. The summed E-state index contributed by atoms with van der Waals surface area (Å²) in [5.41, 5.74) is 1.62. The van der Waals surface area contributed by atoms with Gasteiger partial charge in [0.15, 0.2) is 0 Å². The van der Waals surface area contributed by atoms with Gasteiger partial charge < -0.3 is 5.32 Å². The van der Waals surface area contributed by atoms with E-state index in [9.17, 15) is 0 Å². The third-order valence-electron chi connectivity index (χ3n) is 3.26. The summed E-state index contributed by atoms with van der Waals surface area (Å²) < 4.78 is 0. The van der Waals surface area contributed by atoms with E-state index in [1.54, 1.807) is 5.57 Å². The van der Waals surface area contributed by atoms with Crippen LogP contribution in [0.3, 0.4) is 0 Å². The number of fused-ring (bicyclic) bond motifs is 1. The molecule has 0 aromatic heterocycles. The molecule has 0 aromatic rings. The number of hydrogen-bond donors (Lipinski definition) is 1. The summed E-state index contributed by atoms with van der Waals surface area (Å²) in [6, 6.07) is 0.824. The molecule has 3 aliphatic rings. The minimum atomic E-state index is 0.713. The van der Waals surface area contributed by atoms with E-state index in [4.69, 9.17) is 0 Å². The average Bonchev–Trinajstić information content (AvgIpc) is 2.39. The van der Waals surface area contributed by atoms with E-state index in [1.165, 1.54) is 13.0 Å². The topological polar surface area (TPSA) is 12.0 Å². The first-order valence-corrected chi connectivity index (χ1v) is 5.10. The zero-order chi connectivity index (χ0) is 8.72. The molecule has 3 atom stereocenters. The molecule has 2 bridgehead atoms. The molecule has 1 nitrogen and oxygen atoms in total.